The van der Waals surface area contributed by atoms with Gasteiger partial charge in [0.15, 0.2) is 0 Å². The number of carboxylic acid groups (broad SMARTS) is 1. The molecule has 20 heavy (non-hydrogen) atoms. The summed E-state index contributed by atoms with van der Waals surface area (Å²) in [4.78, 5) is 16.9. The minimum absolute atomic E-state index is 0.0962. The van der Waals surface area contributed by atoms with Crippen LogP contribution in [-0.4, -0.2) is 36.0 Å². The van der Waals surface area contributed by atoms with Crippen molar-refractivity contribution >= 4 is 16.0 Å². The smallest absolute Gasteiger partial charge is 0.352 e. The Kier molecular flexibility index (Phi) is 4.16. The van der Waals surface area contributed by atoms with E-state index in [1.54, 1.807) is 18.5 Å². The lowest BCUT2D eigenvalue weighted by Gasteiger charge is -2.04. The van der Waals surface area contributed by atoms with E-state index in [-0.39, 0.29) is 17.1 Å². The lowest BCUT2D eigenvalue weighted by Crippen LogP contribution is -2.25. The summed E-state index contributed by atoms with van der Waals surface area (Å²) in [6.07, 6.45) is 4.95. The molecule has 0 atom stereocenters. The number of pyridine rings is 1. The Labute approximate surface area is 115 Å². The molecule has 0 fully saturated rings. The van der Waals surface area contributed by atoms with Crippen LogP contribution in [0, 0.1) is 0 Å². The molecule has 0 saturated carbocycles. The molecule has 0 aliphatic carbocycles. The standard InChI is InChI=1S/C12H13N3O4S/c16-12(17)11-6-10(8-14-11)20(18,19)15-5-3-9-2-1-4-13-7-9/h1-2,4,6-8,14-15H,3,5H2,(H,16,17). The second-order valence-electron chi connectivity index (χ2n) is 4.06. The number of hydrogen-bond acceptors (Lipinski definition) is 4. The third kappa shape index (κ3) is 3.43. The first-order valence-electron chi connectivity index (χ1n) is 5.79. The van der Waals surface area contributed by atoms with Crippen LogP contribution in [-0.2, 0) is 16.4 Å². The van der Waals surface area contributed by atoms with E-state index in [2.05, 4.69) is 14.7 Å². The number of aromatic amines is 1. The topological polar surface area (TPSA) is 112 Å². The van der Waals surface area contributed by atoms with Gasteiger partial charge in [0, 0.05) is 25.1 Å². The molecule has 0 bridgehead atoms. The fraction of sp³-hybridized carbons (Fsp3) is 0.167. The number of hydrogen-bond donors (Lipinski definition) is 3. The van der Waals surface area contributed by atoms with Gasteiger partial charge in [0.05, 0.1) is 0 Å². The van der Waals surface area contributed by atoms with Crippen LogP contribution in [0.5, 0.6) is 0 Å². The van der Waals surface area contributed by atoms with E-state index in [4.69, 9.17) is 5.11 Å². The molecule has 3 N–H and O–H groups in total. The van der Waals surface area contributed by atoms with Gasteiger partial charge < -0.3 is 10.1 Å². The maximum absolute atomic E-state index is 11.9. The molecule has 0 amide bonds. The second-order valence-corrected chi connectivity index (χ2v) is 5.83. The van der Waals surface area contributed by atoms with E-state index in [9.17, 15) is 13.2 Å². The van der Waals surface area contributed by atoms with Gasteiger partial charge in [-0.1, -0.05) is 6.07 Å². The average Bonchev–Trinajstić information content (AvgIpc) is 2.90. The van der Waals surface area contributed by atoms with Gasteiger partial charge in [-0.3, -0.25) is 4.98 Å². The normalized spacial score (nSPS) is 11.4. The number of nitrogens with one attached hydrogen (secondary N) is 2. The largest absolute Gasteiger partial charge is 0.477 e. The molecule has 0 aromatic carbocycles. The predicted octanol–water partition coefficient (Wildman–Crippen LogP) is 0.629. The summed E-state index contributed by atoms with van der Waals surface area (Å²) in [5, 5.41) is 8.74. The summed E-state index contributed by atoms with van der Waals surface area (Å²) >= 11 is 0. The first-order valence-corrected chi connectivity index (χ1v) is 7.27. The molecule has 7 nitrogen and oxygen atoms in total. The maximum Gasteiger partial charge on any atom is 0.352 e. The molecule has 0 spiro atoms. The second kappa shape index (κ2) is 5.85. The van der Waals surface area contributed by atoms with Crippen LogP contribution in [0.1, 0.15) is 16.1 Å². The van der Waals surface area contributed by atoms with E-state index in [1.807, 2.05) is 6.07 Å². The Bertz CT molecular complexity index is 695. The number of H-pyrrole nitrogens is 1. The molecule has 0 saturated heterocycles. The van der Waals surface area contributed by atoms with E-state index in [0.29, 0.717) is 6.42 Å². The zero-order valence-electron chi connectivity index (χ0n) is 10.4. The van der Waals surface area contributed by atoms with Crippen LogP contribution in [0.3, 0.4) is 0 Å². The van der Waals surface area contributed by atoms with Crippen molar-refractivity contribution in [1.29, 1.82) is 0 Å². The van der Waals surface area contributed by atoms with Gasteiger partial charge in [-0.15, -0.1) is 0 Å². The third-order valence-electron chi connectivity index (χ3n) is 2.63. The Morgan fingerprint density at radius 1 is 1.45 bits per heavy atom. The maximum atomic E-state index is 11.9. The highest BCUT2D eigenvalue weighted by atomic mass is 32.2. The summed E-state index contributed by atoms with van der Waals surface area (Å²) in [5.41, 5.74) is 0.744. The monoisotopic (exact) mass is 295 g/mol. The van der Waals surface area contributed by atoms with Crippen molar-refractivity contribution in [1.82, 2.24) is 14.7 Å². The number of aromatic nitrogens is 2. The summed E-state index contributed by atoms with van der Waals surface area (Å²) in [6, 6.07) is 4.70. The molecule has 2 heterocycles. The van der Waals surface area contributed by atoms with Crippen molar-refractivity contribution in [3.8, 4) is 0 Å². The number of aromatic carboxylic acids is 1. The van der Waals surface area contributed by atoms with E-state index in [0.717, 1.165) is 17.8 Å². The highest BCUT2D eigenvalue weighted by Gasteiger charge is 2.17. The molecular formula is C12H13N3O4S. The third-order valence-corrected chi connectivity index (χ3v) is 4.07. The van der Waals surface area contributed by atoms with E-state index in [1.165, 1.54) is 0 Å². The highest BCUT2D eigenvalue weighted by Crippen LogP contribution is 2.10. The first kappa shape index (κ1) is 14.2. The molecule has 8 heteroatoms. The molecule has 0 aliphatic heterocycles. The van der Waals surface area contributed by atoms with Gasteiger partial charge in [-0.05, 0) is 24.1 Å². The van der Waals surface area contributed by atoms with E-state index >= 15 is 0 Å². The molecule has 0 unspecified atom stereocenters. The van der Waals surface area contributed by atoms with Gasteiger partial charge in [0.2, 0.25) is 10.0 Å². The quantitative estimate of drug-likeness (QED) is 0.723. The van der Waals surface area contributed by atoms with Crippen molar-refractivity contribution < 1.29 is 18.3 Å². The Hall–Kier alpha value is -2.19. The zero-order chi connectivity index (χ0) is 14.6. The molecule has 106 valence electrons. The van der Waals surface area contributed by atoms with Crippen molar-refractivity contribution in [2.75, 3.05) is 6.54 Å². The molecule has 2 aromatic rings. The number of sulfonamides is 1. The van der Waals surface area contributed by atoms with E-state index < -0.39 is 16.0 Å². The number of carbonyl (C=O) groups is 1. The minimum Gasteiger partial charge on any atom is -0.477 e. The van der Waals surface area contributed by atoms with Gasteiger partial charge in [0.1, 0.15) is 10.6 Å². The Morgan fingerprint density at radius 2 is 2.25 bits per heavy atom. The number of carboxylic acids is 1. The summed E-state index contributed by atoms with van der Waals surface area (Å²) < 4.78 is 26.2. The predicted molar refractivity (Wildman–Crippen MR) is 70.9 cm³/mol. The van der Waals surface area contributed by atoms with Crippen molar-refractivity contribution in [3.63, 3.8) is 0 Å². The molecule has 2 rings (SSSR count). The minimum atomic E-state index is -3.71. The fourth-order valence-electron chi connectivity index (χ4n) is 1.61. The average molecular weight is 295 g/mol. The lowest BCUT2D eigenvalue weighted by atomic mass is 10.2. The summed E-state index contributed by atoms with van der Waals surface area (Å²) in [5.74, 6) is -1.21. The van der Waals surface area contributed by atoms with Crippen LogP contribution in [0.15, 0.2) is 41.7 Å². The Morgan fingerprint density at radius 3 is 2.85 bits per heavy atom. The Balaban J connectivity index is 1.98. The van der Waals surface area contributed by atoms with Gasteiger partial charge >= 0.3 is 5.97 Å². The first-order chi connectivity index (χ1) is 9.49. The molecule has 0 radical (unpaired) electrons. The number of nitrogens with zero attached hydrogens (tertiary/aromatic N) is 1. The number of rotatable bonds is 6. The van der Waals surface area contributed by atoms with Crippen LogP contribution in [0.25, 0.3) is 0 Å². The van der Waals surface area contributed by atoms with Crippen LogP contribution < -0.4 is 4.72 Å². The van der Waals surface area contributed by atoms with Crippen LogP contribution >= 0.6 is 0 Å². The SMILES string of the molecule is O=C(O)c1cc(S(=O)(=O)NCCc2cccnc2)c[nH]1. The summed E-state index contributed by atoms with van der Waals surface area (Å²) in [6.45, 7) is 0.210. The zero-order valence-corrected chi connectivity index (χ0v) is 11.2. The molecule has 0 aliphatic rings. The van der Waals surface area contributed by atoms with Crippen LogP contribution in [0.2, 0.25) is 0 Å². The van der Waals surface area contributed by atoms with Crippen molar-refractivity contribution in [3.05, 3.63) is 48.0 Å². The summed E-state index contributed by atoms with van der Waals surface area (Å²) in [7, 11) is -3.71. The van der Waals surface area contributed by atoms with Gasteiger partial charge in [-0.2, -0.15) is 0 Å². The molecular weight excluding hydrogens is 282 g/mol. The van der Waals surface area contributed by atoms with Gasteiger partial charge in [-0.25, -0.2) is 17.9 Å². The van der Waals surface area contributed by atoms with Crippen molar-refractivity contribution in [2.24, 2.45) is 0 Å². The molecule has 2 aromatic heterocycles. The highest BCUT2D eigenvalue weighted by molar-refractivity contribution is 7.89. The van der Waals surface area contributed by atoms with Crippen molar-refractivity contribution in [2.45, 2.75) is 11.3 Å². The lowest BCUT2D eigenvalue weighted by molar-refractivity contribution is 0.0691. The van der Waals surface area contributed by atoms with Crippen LogP contribution in [0.4, 0.5) is 0 Å². The fourth-order valence-corrected chi connectivity index (χ4v) is 2.64. The van der Waals surface area contributed by atoms with Gasteiger partial charge in [0.25, 0.3) is 0 Å².